The number of benzene rings is 2. The molecule has 5 N–H and O–H groups in total. The molecule has 0 radical (unpaired) electrons. The topological polar surface area (TPSA) is 90.4 Å². The zero-order valence-corrected chi connectivity index (χ0v) is 10.8. The van der Waals surface area contributed by atoms with Crippen LogP contribution in [-0.2, 0) is 4.79 Å². The average Bonchev–Trinajstić information content (AvgIpc) is 2.45. The lowest BCUT2D eigenvalue weighted by Gasteiger charge is -2.13. The molecule has 1 amide bonds. The summed E-state index contributed by atoms with van der Waals surface area (Å²) in [5.74, 6) is 0.689. The van der Waals surface area contributed by atoms with Gasteiger partial charge in [-0.1, -0.05) is 12.6 Å². The zero-order chi connectivity index (χ0) is 14.5. The molecule has 0 heterocycles. The third kappa shape index (κ3) is 3.08. The highest BCUT2D eigenvalue weighted by Gasteiger charge is 2.10. The Morgan fingerprint density at radius 1 is 1.15 bits per heavy atom. The van der Waals surface area contributed by atoms with E-state index >= 15 is 0 Å². The Balaban J connectivity index is 2.31. The fourth-order valence-electron chi connectivity index (χ4n) is 1.60. The van der Waals surface area contributed by atoms with Crippen LogP contribution in [0.3, 0.4) is 0 Å². The van der Waals surface area contributed by atoms with Crippen LogP contribution in [0, 0.1) is 0 Å². The Bertz CT molecular complexity index is 636. The van der Waals surface area contributed by atoms with Crippen molar-refractivity contribution in [2.24, 2.45) is 0 Å². The molecule has 2 aromatic rings. The summed E-state index contributed by atoms with van der Waals surface area (Å²) >= 11 is 0. The van der Waals surface area contributed by atoms with Crippen molar-refractivity contribution in [2.75, 3.05) is 16.8 Å². The van der Waals surface area contributed by atoms with E-state index in [2.05, 4.69) is 11.9 Å². The van der Waals surface area contributed by atoms with E-state index in [1.54, 1.807) is 42.5 Å². The van der Waals surface area contributed by atoms with Crippen molar-refractivity contribution in [3.63, 3.8) is 0 Å². The molecule has 0 aliphatic carbocycles. The molecular formula is C15H15N3O2. The van der Waals surface area contributed by atoms with Crippen molar-refractivity contribution in [3.8, 4) is 11.5 Å². The van der Waals surface area contributed by atoms with Crippen LogP contribution >= 0.6 is 0 Å². The van der Waals surface area contributed by atoms with Crippen LogP contribution in [0.25, 0.3) is 0 Å². The quantitative estimate of drug-likeness (QED) is 0.588. The fraction of sp³-hybridized carbons (Fsp3) is 0. The number of nitrogens with one attached hydrogen (secondary N) is 1. The number of nitrogens with two attached hydrogens (primary N) is 2. The van der Waals surface area contributed by atoms with Crippen LogP contribution < -0.4 is 21.5 Å². The van der Waals surface area contributed by atoms with Gasteiger partial charge in [0.05, 0.1) is 5.69 Å². The molecule has 0 aromatic heterocycles. The predicted molar refractivity (Wildman–Crippen MR) is 80.6 cm³/mol. The van der Waals surface area contributed by atoms with Crippen molar-refractivity contribution in [2.45, 2.75) is 0 Å². The molecule has 0 aliphatic rings. The van der Waals surface area contributed by atoms with Gasteiger partial charge in [-0.25, -0.2) is 0 Å². The molecule has 20 heavy (non-hydrogen) atoms. The second-order valence-electron chi connectivity index (χ2n) is 4.08. The van der Waals surface area contributed by atoms with Gasteiger partial charge in [0, 0.05) is 5.69 Å². The van der Waals surface area contributed by atoms with Gasteiger partial charge >= 0.3 is 0 Å². The highest BCUT2D eigenvalue weighted by molar-refractivity contribution is 6.02. The summed E-state index contributed by atoms with van der Waals surface area (Å²) in [5, 5.41) is 2.63. The van der Waals surface area contributed by atoms with E-state index < -0.39 is 0 Å². The molecule has 5 heteroatoms. The van der Waals surface area contributed by atoms with E-state index in [0.717, 1.165) is 0 Å². The number of hydrogen-bond donors (Lipinski definition) is 3. The Labute approximate surface area is 116 Å². The van der Waals surface area contributed by atoms with Crippen LogP contribution in [-0.4, -0.2) is 5.91 Å². The second kappa shape index (κ2) is 5.79. The number of carbonyl (C=O) groups is 1. The van der Waals surface area contributed by atoms with Crippen LogP contribution in [0.2, 0.25) is 0 Å². The molecule has 0 bridgehead atoms. The van der Waals surface area contributed by atoms with Crippen LogP contribution in [0.15, 0.2) is 55.1 Å². The van der Waals surface area contributed by atoms with Crippen molar-refractivity contribution >= 4 is 23.0 Å². The molecule has 0 saturated carbocycles. The lowest BCUT2D eigenvalue weighted by atomic mass is 10.2. The first-order valence-corrected chi connectivity index (χ1v) is 5.95. The van der Waals surface area contributed by atoms with Gasteiger partial charge < -0.3 is 21.5 Å². The number of ether oxygens (including phenoxy) is 1. The lowest BCUT2D eigenvalue weighted by Crippen LogP contribution is -2.10. The van der Waals surface area contributed by atoms with Crippen LogP contribution in [0.1, 0.15) is 0 Å². The molecule has 0 unspecified atom stereocenters. The van der Waals surface area contributed by atoms with Crippen molar-refractivity contribution in [3.05, 3.63) is 55.1 Å². The number of rotatable bonds is 4. The highest BCUT2D eigenvalue weighted by atomic mass is 16.5. The van der Waals surface area contributed by atoms with Gasteiger partial charge in [0.1, 0.15) is 11.4 Å². The average molecular weight is 269 g/mol. The zero-order valence-electron chi connectivity index (χ0n) is 10.8. The first-order chi connectivity index (χ1) is 9.60. The number of anilines is 3. The minimum atomic E-state index is -0.356. The summed E-state index contributed by atoms with van der Waals surface area (Å²) in [5.41, 5.74) is 12.9. The normalized spacial score (nSPS) is 9.80. The minimum absolute atomic E-state index is 0.356. The van der Waals surface area contributed by atoms with E-state index in [0.29, 0.717) is 28.6 Å². The van der Waals surface area contributed by atoms with Gasteiger partial charge in [0.2, 0.25) is 5.91 Å². The smallest absolute Gasteiger partial charge is 0.247 e. The molecule has 2 aromatic carbocycles. The molecule has 0 spiro atoms. The van der Waals surface area contributed by atoms with Crippen molar-refractivity contribution in [1.29, 1.82) is 0 Å². The van der Waals surface area contributed by atoms with Gasteiger partial charge in [-0.2, -0.15) is 0 Å². The molecular weight excluding hydrogens is 254 g/mol. The summed E-state index contributed by atoms with van der Waals surface area (Å²) in [6, 6.07) is 12.0. The lowest BCUT2D eigenvalue weighted by molar-refractivity contribution is -0.111. The number of amides is 1. The van der Waals surface area contributed by atoms with Crippen molar-refractivity contribution < 1.29 is 9.53 Å². The maximum absolute atomic E-state index is 11.4. The number of hydrogen-bond acceptors (Lipinski definition) is 4. The predicted octanol–water partition coefficient (Wildman–Crippen LogP) is 2.77. The summed E-state index contributed by atoms with van der Waals surface area (Å²) in [6.45, 7) is 3.40. The molecule has 5 nitrogen and oxygen atoms in total. The van der Waals surface area contributed by atoms with E-state index in [1.807, 2.05) is 0 Å². The summed E-state index contributed by atoms with van der Waals surface area (Å²) in [7, 11) is 0. The molecule has 0 saturated heterocycles. The second-order valence-corrected chi connectivity index (χ2v) is 4.08. The first kappa shape index (κ1) is 13.5. The van der Waals surface area contributed by atoms with Crippen LogP contribution in [0.4, 0.5) is 17.1 Å². The summed E-state index contributed by atoms with van der Waals surface area (Å²) in [4.78, 5) is 11.4. The van der Waals surface area contributed by atoms with Crippen molar-refractivity contribution in [1.82, 2.24) is 0 Å². The van der Waals surface area contributed by atoms with Gasteiger partial charge in [-0.05, 0) is 42.5 Å². The maximum Gasteiger partial charge on any atom is 0.247 e. The van der Waals surface area contributed by atoms with E-state index in [-0.39, 0.29) is 5.91 Å². The van der Waals surface area contributed by atoms with Gasteiger partial charge in [-0.15, -0.1) is 0 Å². The van der Waals surface area contributed by atoms with E-state index in [4.69, 9.17) is 16.2 Å². The monoisotopic (exact) mass is 269 g/mol. The summed E-state index contributed by atoms with van der Waals surface area (Å²) < 4.78 is 5.71. The highest BCUT2D eigenvalue weighted by Crippen LogP contribution is 2.34. The Kier molecular flexibility index (Phi) is 3.91. The molecule has 0 aliphatic heterocycles. The standard InChI is InChI=1S/C15H15N3O2/c1-2-14(19)18-15-12(17)4-3-5-13(15)20-11-8-6-10(16)7-9-11/h2-9H,1,16-17H2,(H,18,19). The largest absolute Gasteiger partial charge is 0.455 e. The third-order valence-corrected chi connectivity index (χ3v) is 2.60. The number of nitrogen functional groups attached to an aromatic ring is 2. The van der Waals surface area contributed by atoms with Gasteiger partial charge in [0.15, 0.2) is 5.75 Å². The minimum Gasteiger partial charge on any atom is -0.455 e. The fourth-order valence-corrected chi connectivity index (χ4v) is 1.60. The Morgan fingerprint density at radius 2 is 1.85 bits per heavy atom. The Hall–Kier alpha value is -2.95. The first-order valence-electron chi connectivity index (χ1n) is 5.95. The Morgan fingerprint density at radius 3 is 2.50 bits per heavy atom. The van der Waals surface area contributed by atoms with E-state index in [1.165, 1.54) is 6.08 Å². The maximum atomic E-state index is 11.4. The summed E-state index contributed by atoms with van der Waals surface area (Å²) in [6.07, 6.45) is 1.17. The van der Waals surface area contributed by atoms with Gasteiger partial charge in [0.25, 0.3) is 0 Å². The number of carbonyl (C=O) groups excluding carboxylic acids is 1. The van der Waals surface area contributed by atoms with E-state index in [9.17, 15) is 4.79 Å². The molecule has 102 valence electrons. The number of para-hydroxylation sites is 1. The van der Waals surface area contributed by atoms with Crippen LogP contribution in [0.5, 0.6) is 11.5 Å². The SMILES string of the molecule is C=CC(=O)Nc1c(N)cccc1Oc1ccc(N)cc1. The van der Waals surface area contributed by atoms with Gasteiger partial charge in [-0.3, -0.25) is 4.79 Å². The molecule has 2 rings (SSSR count). The molecule has 0 fully saturated rings. The molecule has 0 atom stereocenters. The third-order valence-electron chi connectivity index (χ3n) is 2.60.